The van der Waals surface area contributed by atoms with Crippen LogP contribution in [0.4, 0.5) is 8.78 Å². The molecule has 0 heterocycles. The molecule has 4 heteroatoms. The Morgan fingerprint density at radius 3 is 2.57 bits per heavy atom. The van der Waals surface area contributed by atoms with E-state index in [9.17, 15) is 8.78 Å². The van der Waals surface area contributed by atoms with E-state index in [0.29, 0.717) is 5.56 Å². The Morgan fingerprint density at radius 2 is 2.07 bits per heavy atom. The summed E-state index contributed by atoms with van der Waals surface area (Å²) in [6.07, 6.45) is -2.22. The maximum atomic E-state index is 12.3. The molecule has 2 nitrogen and oxygen atoms in total. The lowest BCUT2D eigenvalue weighted by molar-refractivity contribution is 0.0814. The molecule has 0 aromatic heterocycles. The number of rotatable bonds is 4. The van der Waals surface area contributed by atoms with Crippen LogP contribution in [0.25, 0.3) is 0 Å². The second kappa shape index (κ2) is 4.91. The van der Waals surface area contributed by atoms with Crippen molar-refractivity contribution in [2.45, 2.75) is 12.8 Å². The Kier molecular flexibility index (Phi) is 3.83. The van der Waals surface area contributed by atoms with Gasteiger partial charge in [-0.2, -0.15) is 0 Å². The molecule has 0 aliphatic carbocycles. The van der Waals surface area contributed by atoms with Gasteiger partial charge < -0.3 is 10.8 Å². The molecule has 1 atom stereocenters. The third kappa shape index (κ3) is 2.96. The van der Waals surface area contributed by atoms with Crippen molar-refractivity contribution in [3.05, 3.63) is 29.8 Å². The highest BCUT2D eigenvalue weighted by Gasteiger charge is 2.18. The summed E-state index contributed by atoms with van der Waals surface area (Å²) in [5, 5.41) is 9.12. The average Bonchev–Trinajstić information content (AvgIpc) is 2.14. The number of benzene rings is 1. The summed E-state index contributed by atoms with van der Waals surface area (Å²) in [5.41, 5.74) is 5.90. The van der Waals surface area contributed by atoms with Crippen LogP contribution in [0.15, 0.2) is 24.3 Å². The standard InChI is InChI=1S/C10H13F2NO/c11-10(12)8(6-13)4-7-2-1-3-9(14)5-7/h1-3,5,8,10,14H,4,6,13H2. The van der Waals surface area contributed by atoms with Gasteiger partial charge in [-0.25, -0.2) is 8.78 Å². The van der Waals surface area contributed by atoms with E-state index in [0.717, 1.165) is 0 Å². The molecular formula is C10H13F2NO. The minimum Gasteiger partial charge on any atom is -0.508 e. The summed E-state index contributed by atoms with van der Waals surface area (Å²) in [7, 11) is 0. The molecule has 0 saturated heterocycles. The molecule has 0 saturated carbocycles. The Balaban J connectivity index is 2.67. The predicted octanol–water partition coefficient (Wildman–Crippen LogP) is 1.77. The average molecular weight is 201 g/mol. The molecule has 3 N–H and O–H groups in total. The van der Waals surface area contributed by atoms with Gasteiger partial charge in [0.05, 0.1) is 0 Å². The summed E-state index contributed by atoms with van der Waals surface area (Å²) in [4.78, 5) is 0. The van der Waals surface area contributed by atoms with Gasteiger partial charge in [0, 0.05) is 12.5 Å². The summed E-state index contributed by atoms with van der Waals surface area (Å²) >= 11 is 0. The van der Waals surface area contributed by atoms with Crippen LogP contribution in [0.3, 0.4) is 0 Å². The highest BCUT2D eigenvalue weighted by Crippen LogP contribution is 2.18. The molecule has 0 bridgehead atoms. The van der Waals surface area contributed by atoms with Gasteiger partial charge in [0.2, 0.25) is 6.43 Å². The predicted molar refractivity (Wildman–Crippen MR) is 50.4 cm³/mol. The van der Waals surface area contributed by atoms with Crippen molar-refractivity contribution in [2.75, 3.05) is 6.54 Å². The minimum atomic E-state index is -2.41. The monoisotopic (exact) mass is 201 g/mol. The summed E-state index contributed by atoms with van der Waals surface area (Å²) in [6, 6.07) is 6.31. The van der Waals surface area contributed by atoms with Crippen molar-refractivity contribution < 1.29 is 13.9 Å². The summed E-state index contributed by atoms with van der Waals surface area (Å²) < 4.78 is 24.7. The van der Waals surface area contributed by atoms with Crippen LogP contribution in [-0.4, -0.2) is 18.1 Å². The van der Waals surface area contributed by atoms with Crippen LogP contribution < -0.4 is 5.73 Å². The van der Waals surface area contributed by atoms with E-state index in [1.807, 2.05) is 0 Å². The van der Waals surface area contributed by atoms with E-state index >= 15 is 0 Å². The first-order chi connectivity index (χ1) is 6.63. The Hall–Kier alpha value is -1.16. The Morgan fingerprint density at radius 1 is 1.36 bits per heavy atom. The SMILES string of the molecule is NCC(Cc1cccc(O)c1)C(F)F. The molecule has 0 amide bonds. The molecule has 0 radical (unpaired) electrons. The zero-order valence-corrected chi connectivity index (χ0v) is 7.66. The third-order valence-electron chi connectivity index (χ3n) is 2.07. The molecule has 1 rings (SSSR count). The summed E-state index contributed by atoms with van der Waals surface area (Å²) in [5.74, 6) is -0.746. The normalized spacial score (nSPS) is 13.1. The zero-order valence-electron chi connectivity index (χ0n) is 7.66. The molecule has 0 spiro atoms. The van der Waals surface area contributed by atoms with E-state index in [1.165, 1.54) is 12.1 Å². The first kappa shape index (κ1) is 10.9. The highest BCUT2D eigenvalue weighted by molar-refractivity contribution is 5.27. The zero-order chi connectivity index (χ0) is 10.6. The maximum absolute atomic E-state index is 12.3. The number of hydrogen-bond donors (Lipinski definition) is 2. The fraction of sp³-hybridized carbons (Fsp3) is 0.400. The molecule has 1 unspecified atom stereocenters. The van der Waals surface area contributed by atoms with Crippen LogP contribution in [-0.2, 0) is 6.42 Å². The van der Waals surface area contributed by atoms with Crippen molar-refractivity contribution in [3.8, 4) is 5.75 Å². The Bertz CT molecular complexity index is 291. The van der Waals surface area contributed by atoms with E-state index in [2.05, 4.69) is 0 Å². The number of phenolic OH excluding ortho intramolecular Hbond substituents is 1. The lowest BCUT2D eigenvalue weighted by atomic mass is 10.00. The lowest BCUT2D eigenvalue weighted by Gasteiger charge is -2.13. The minimum absolute atomic E-state index is 0.0483. The summed E-state index contributed by atoms with van der Waals surface area (Å²) in [6.45, 7) is -0.0483. The van der Waals surface area contributed by atoms with Gasteiger partial charge in [-0.3, -0.25) is 0 Å². The van der Waals surface area contributed by atoms with Gasteiger partial charge in [-0.1, -0.05) is 12.1 Å². The Labute approximate surface area is 81.4 Å². The van der Waals surface area contributed by atoms with Gasteiger partial charge in [0.15, 0.2) is 0 Å². The molecule has 1 aromatic carbocycles. The number of halogens is 2. The molecule has 14 heavy (non-hydrogen) atoms. The van der Waals surface area contributed by atoms with Crippen LogP contribution in [0, 0.1) is 5.92 Å². The quantitative estimate of drug-likeness (QED) is 0.779. The van der Waals surface area contributed by atoms with Crippen molar-refractivity contribution in [2.24, 2.45) is 11.7 Å². The molecule has 0 fully saturated rings. The van der Waals surface area contributed by atoms with Gasteiger partial charge in [-0.15, -0.1) is 0 Å². The number of hydrogen-bond acceptors (Lipinski definition) is 2. The van der Waals surface area contributed by atoms with E-state index in [-0.39, 0.29) is 18.7 Å². The lowest BCUT2D eigenvalue weighted by Crippen LogP contribution is -2.23. The van der Waals surface area contributed by atoms with E-state index in [4.69, 9.17) is 10.8 Å². The largest absolute Gasteiger partial charge is 0.508 e. The molecule has 0 aliphatic rings. The molecular weight excluding hydrogens is 188 g/mol. The number of alkyl halides is 2. The van der Waals surface area contributed by atoms with Crippen molar-refractivity contribution in [1.82, 2.24) is 0 Å². The number of nitrogens with two attached hydrogens (primary N) is 1. The van der Waals surface area contributed by atoms with Gasteiger partial charge in [-0.05, 0) is 24.1 Å². The molecule has 78 valence electrons. The van der Waals surface area contributed by atoms with Crippen LogP contribution in [0.1, 0.15) is 5.56 Å². The number of aromatic hydroxyl groups is 1. The van der Waals surface area contributed by atoms with Gasteiger partial charge >= 0.3 is 0 Å². The van der Waals surface area contributed by atoms with E-state index in [1.54, 1.807) is 12.1 Å². The second-order valence-corrected chi connectivity index (χ2v) is 3.20. The molecule has 0 aliphatic heterocycles. The van der Waals surface area contributed by atoms with Crippen LogP contribution in [0.5, 0.6) is 5.75 Å². The molecule has 1 aromatic rings. The van der Waals surface area contributed by atoms with Crippen LogP contribution >= 0.6 is 0 Å². The smallest absolute Gasteiger partial charge is 0.242 e. The third-order valence-corrected chi connectivity index (χ3v) is 2.07. The van der Waals surface area contributed by atoms with Gasteiger partial charge in [0.1, 0.15) is 5.75 Å². The van der Waals surface area contributed by atoms with Crippen LogP contribution in [0.2, 0.25) is 0 Å². The van der Waals surface area contributed by atoms with Crippen molar-refractivity contribution in [3.63, 3.8) is 0 Å². The maximum Gasteiger partial charge on any atom is 0.242 e. The topological polar surface area (TPSA) is 46.2 Å². The highest BCUT2D eigenvalue weighted by atomic mass is 19.3. The fourth-order valence-electron chi connectivity index (χ4n) is 1.26. The fourth-order valence-corrected chi connectivity index (χ4v) is 1.26. The van der Waals surface area contributed by atoms with Crippen molar-refractivity contribution in [1.29, 1.82) is 0 Å². The first-order valence-corrected chi connectivity index (χ1v) is 4.39. The number of phenols is 1. The van der Waals surface area contributed by atoms with Gasteiger partial charge in [0.25, 0.3) is 0 Å². The first-order valence-electron chi connectivity index (χ1n) is 4.39. The van der Waals surface area contributed by atoms with E-state index < -0.39 is 12.3 Å². The van der Waals surface area contributed by atoms with Crippen molar-refractivity contribution >= 4 is 0 Å². The second-order valence-electron chi connectivity index (χ2n) is 3.20.